The van der Waals surface area contributed by atoms with Crippen LogP contribution in [0.1, 0.15) is 38.5 Å². The number of alkyl halides is 1. The van der Waals surface area contributed by atoms with Crippen LogP contribution < -0.4 is 0 Å². The first-order valence-corrected chi connectivity index (χ1v) is 9.19. The molecule has 0 N–H and O–H groups in total. The molecule has 1 unspecified atom stereocenters. The second-order valence-electron chi connectivity index (χ2n) is 6.84. The Morgan fingerprint density at radius 1 is 1.05 bits per heavy atom. The van der Waals surface area contributed by atoms with Gasteiger partial charge >= 0.3 is 0 Å². The van der Waals surface area contributed by atoms with E-state index in [0.29, 0.717) is 11.9 Å². The topological polar surface area (TPSA) is 23.6 Å². The molecule has 0 aromatic carbocycles. The van der Waals surface area contributed by atoms with E-state index in [1.54, 1.807) is 0 Å². The van der Waals surface area contributed by atoms with Crippen molar-refractivity contribution >= 4 is 28.5 Å². The van der Waals surface area contributed by atoms with Gasteiger partial charge in [0.1, 0.15) is 0 Å². The molecule has 4 heteroatoms. The maximum atomic E-state index is 12.5. The number of hydrogen-bond acceptors (Lipinski definition) is 2. The molecular formula is C15H23IN2O. The number of carbonyl (C=O) groups is 1. The van der Waals surface area contributed by atoms with Gasteiger partial charge in [-0.05, 0) is 63.5 Å². The van der Waals surface area contributed by atoms with E-state index in [-0.39, 0.29) is 3.92 Å². The Kier molecular flexibility index (Phi) is 3.29. The largest absolute Gasteiger partial charge is 0.338 e. The molecular weight excluding hydrogens is 351 g/mol. The highest BCUT2D eigenvalue weighted by molar-refractivity contribution is 14.1. The lowest BCUT2D eigenvalue weighted by Crippen LogP contribution is -2.67. The molecule has 0 spiro atoms. The van der Waals surface area contributed by atoms with Gasteiger partial charge in [0.25, 0.3) is 0 Å². The zero-order valence-corrected chi connectivity index (χ0v) is 13.6. The van der Waals surface area contributed by atoms with E-state index in [9.17, 15) is 4.79 Å². The summed E-state index contributed by atoms with van der Waals surface area (Å²) in [5, 5.41) is 0. The Morgan fingerprint density at radius 3 is 2.68 bits per heavy atom. The van der Waals surface area contributed by atoms with Crippen LogP contribution in [0, 0.1) is 11.8 Å². The lowest BCUT2D eigenvalue weighted by Gasteiger charge is -2.59. The molecule has 4 aliphatic heterocycles. The summed E-state index contributed by atoms with van der Waals surface area (Å²) in [4.78, 5) is 17.6. The summed E-state index contributed by atoms with van der Waals surface area (Å²) in [6.45, 7) is 3.68. The van der Waals surface area contributed by atoms with E-state index in [0.717, 1.165) is 30.8 Å². The van der Waals surface area contributed by atoms with Crippen molar-refractivity contribution in [3.63, 3.8) is 0 Å². The van der Waals surface area contributed by atoms with Gasteiger partial charge in [-0.25, -0.2) is 0 Å². The summed E-state index contributed by atoms with van der Waals surface area (Å²) in [6.07, 6.45) is 7.75. The van der Waals surface area contributed by atoms with E-state index in [2.05, 4.69) is 32.4 Å². The summed E-state index contributed by atoms with van der Waals surface area (Å²) in [6, 6.07) is 1.38. The lowest BCUT2D eigenvalue weighted by atomic mass is 9.68. The van der Waals surface area contributed by atoms with Gasteiger partial charge in [-0.1, -0.05) is 22.6 Å². The van der Waals surface area contributed by atoms with Gasteiger partial charge in [0.05, 0.1) is 3.92 Å². The molecule has 1 amide bonds. The lowest BCUT2D eigenvalue weighted by molar-refractivity contribution is -0.149. The Bertz CT molecular complexity index is 386. The third kappa shape index (κ3) is 1.96. The van der Waals surface area contributed by atoms with Crippen LogP contribution >= 0.6 is 22.6 Å². The first-order valence-electron chi connectivity index (χ1n) is 7.94. The second-order valence-corrected chi connectivity index (χ2v) is 8.34. The van der Waals surface area contributed by atoms with Crippen molar-refractivity contribution in [2.75, 3.05) is 19.6 Å². The van der Waals surface area contributed by atoms with Crippen LogP contribution in [0.3, 0.4) is 0 Å². The third-order valence-corrected chi connectivity index (χ3v) is 7.09. The normalized spacial score (nSPS) is 46.7. The molecule has 19 heavy (non-hydrogen) atoms. The summed E-state index contributed by atoms with van der Waals surface area (Å²) >= 11 is 2.36. The summed E-state index contributed by atoms with van der Waals surface area (Å²) in [5.41, 5.74) is 0. The Morgan fingerprint density at radius 2 is 1.84 bits per heavy atom. The standard InChI is InChI=1S/C15H23IN2O/c16-12-5-6-13-11-4-2-8-17-7-1-3-10(14(11)17)9-18(13)15(12)19/h10-14H,1-9H2/t10-,11-,12?,13-,14-/m1/s1. The molecule has 4 rings (SSSR count). The van der Waals surface area contributed by atoms with Crippen molar-refractivity contribution in [2.45, 2.75) is 54.5 Å². The highest BCUT2D eigenvalue weighted by Gasteiger charge is 2.51. The van der Waals surface area contributed by atoms with Crippen molar-refractivity contribution in [3.05, 3.63) is 0 Å². The molecule has 106 valence electrons. The maximum absolute atomic E-state index is 12.5. The first kappa shape index (κ1) is 12.9. The van der Waals surface area contributed by atoms with Gasteiger partial charge in [0.15, 0.2) is 0 Å². The fourth-order valence-electron chi connectivity index (χ4n) is 5.24. The Hall–Kier alpha value is 0.160. The summed E-state index contributed by atoms with van der Waals surface area (Å²) in [5.74, 6) is 1.99. The maximum Gasteiger partial charge on any atom is 0.235 e. The molecule has 0 aliphatic carbocycles. The third-order valence-electron chi connectivity index (χ3n) is 5.94. The Labute approximate surface area is 129 Å². The van der Waals surface area contributed by atoms with Gasteiger partial charge in [0, 0.05) is 18.6 Å². The van der Waals surface area contributed by atoms with Gasteiger partial charge < -0.3 is 4.90 Å². The van der Waals surface area contributed by atoms with Crippen LogP contribution in [0.4, 0.5) is 0 Å². The minimum atomic E-state index is 0.244. The van der Waals surface area contributed by atoms with E-state index in [1.165, 1.54) is 45.2 Å². The van der Waals surface area contributed by atoms with Crippen molar-refractivity contribution in [3.8, 4) is 0 Å². The number of amides is 1. The van der Waals surface area contributed by atoms with Gasteiger partial charge in [0.2, 0.25) is 5.91 Å². The molecule has 4 fully saturated rings. The molecule has 3 nitrogen and oxygen atoms in total. The molecule has 5 atom stereocenters. The van der Waals surface area contributed by atoms with E-state index >= 15 is 0 Å². The minimum absolute atomic E-state index is 0.244. The van der Waals surface area contributed by atoms with Gasteiger partial charge in [-0.2, -0.15) is 0 Å². The SMILES string of the molecule is O=C1C(I)CC[C@@H]2[C@H]3CCCN4CCC[C@H](CN12)[C@H]34. The van der Waals surface area contributed by atoms with E-state index < -0.39 is 0 Å². The average Bonchev–Trinajstić information content (AvgIpc) is 2.44. The van der Waals surface area contributed by atoms with Crippen LogP contribution in [-0.2, 0) is 4.79 Å². The van der Waals surface area contributed by atoms with Crippen molar-refractivity contribution in [1.82, 2.24) is 9.80 Å². The van der Waals surface area contributed by atoms with Crippen LogP contribution in [0.25, 0.3) is 0 Å². The number of fused-ring (bicyclic) bond motifs is 2. The van der Waals surface area contributed by atoms with E-state index in [1.807, 2.05) is 0 Å². The molecule has 4 heterocycles. The highest BCUT2D eigenvalue weighted by Crippen LogP contribution is 2.45. The van der Waals surface area contributed by atoms with Crippen LogP contribution in [0.2, 0.25) is 0 Å². The molecule has 4 aliphatic rings. The quantitative estimate of drug-likeness (QED) is 0.480. The minimum Gasteiger partial charge on any atom is -0.338 e. The summed E-state index contributed by atoms with van der Waals surface area (Å²) < 4.78 is 0.244. The molecule has 0 bridgehead atoms. The first-order chi connectivity index (χ1) is 9.25. The predicted octanol–water partition coefficient (Wildman–Crippen LogP) is 2.29. The fourth-order valence-corrected chi connectivity index (χ4v) is 5.96. The van der Waals surface area contributed by atoms with Gasteiger partial charge in [-0.3, -0.25) is 9.69 Å². The number of hydrogen-bond donors (Lipinski definition) is 0. The fraction of sp³-hybridized carbons (Fsp3) is 0.933. The van der Waals surface area contributed by atoms with Crippen molar-refractivity contribution in [1.29, 1.82) is 0 Å². The van der Waals surface area contributed by atoms with Crippen LogP contribution in [0.5, 0.6) is 0 Å². The number of nitrogens with zero attached hydrogens (tertiary/aromatic N) is 2. The van der Waals surface area contributed by atoms with Gasteiger partial charge in [-0.15, -0.1) is 0 Å². The van der Waals surface area contributed by atoms with Crippen molar-refractivity contribution < 1.29 is 4.79 Å². The molecule has 0 aromatic heterocycles. The molecule has 4 saturated heterocycles. The zero-order valence-electron chi connectivity index (χ0n) is 11.4. The monoisotopic (exact) mass is 374 g/mol. The van der Waals surface area contributed by atoms with Crippen LogP contribution in [0.15, 0.2) is 0 Å². The number of halogens is 1. The zero-order chi connectivity index (χ0) is 13.0. The molecule has 0 aromatic rings. The smallest absolute Gasteiger partial charge is 0.235 e. The number of rotatable bonds is 0. The van der Waals surface area contributed by atoms with Crippen LogP contribution in [-0.4, -0.2) is 51.3 Å². The Balaban J connectivity index is 1.65. The summed E-state index contributed by atoms with van der Waals surface area (Å²) in [7, 11) is 0. The number of piperidine rings is 4. The highest BCUT2D eigenvalue weighted by atomic mass is 127. The molecule has 0 saturated carbocycles. The molecule has 0 radical (unpaired) electrons. The van der Waals surface area contributed by atoms with E-state index in [4.69, 9.17) is 0 Å². The average molecular weight is 374 g/mol. The van der Waals surface area contributed by atoms with Crippen molar-refractivity contribution in [2.24, 2.45) is 11.8 Å². The predicted molar refractivity (Wildman–Crippen MR) is 83.4 cm³/mol. The number of carbonyl (C=O) groups excluding carboxylic acids is 1. The second kappa shape index (κ2) is 4.86.